The number of aryl methyl sites for hydroxylation is 4. The maximum Gasteiger partial charge on any atom is 0.248 e. The van der Waals surface area contributed by atoms with Crippen LogP contribution in [0.2, 0.25) is 0 Å². The summed E-state index contributed by atoms with van der Waals surface area (Å²) in [4.78, 5) is 29.5. The Morgan fingerprint density at radius 1 is 0.674 bits per heavy atom. The Labute approximate surface area is 275 Å². The van der Waals surface area contributed by atoms with Gasteiger partial charge in [-0.05, 0) is 105 Å². The second kappa shape index (κ2) is 17.5. The van der Waals surface area contributed by atoms with E-state index in [1.807, 2.05) is 53.7 Å². The minimum atomic E-state index is -4.34. The van der Waals surface area contributed by atoms with E-state index in [1.54, 1.807) is 42.5 Å². The van der Waals surface area contributed by atoms with Gasteiger partial charge < -0.3 is 18.8 Å². The minimum absolute atomic E-state index is 0.238. The van der Waals surface area contributed by atoms with Gasteiger partial charge >= 0.3 is 0 Å². The van der Waals surface area contributed by atoms with Crippen molar-refractivity contribution in [3.05, 3.63) is 123 Å². The molecule has 3 aromatic carbocycles. The van der Waals surface area contributed by atoms with Gasteiger partial charge in [-0.15, -0.1) is 13.2 Å². The van der Waals surface area contributed by atoms with Gasteiger partial charge in [0, 0.05) is 23.0 Å². The number of hydrogen-bond donors (Lipinski definition) is 0. The average Bonchev–Trinajstić information content (AvgIpc) is 3.02. The first-order valence-electron chi connectivity index (χ1n) is 15.9. The third-order valence-electron chi connectivity index (χ3n) is 8.44. The lowest BCUT2D eigenvalue weighted by Crippen LogP contribution is -2.24. The molecule has 0 aliphatic carbocycles. The van der Waals surface area contributed by atoms with E-state index in [2.05, 4.69) is 13.2 Å². The molecular weight excluding hydrogens is 595 g/mol. The van der Waals surface area contributed by atoms with Gasteiger partial charge in [-0.2, -0.15) is 0 Å². The van der Waals surface area contributed by atoms with Gasteiger partial charge in [0.1, 0.15) is 0 Å². The fraction of sp³-hybridized carbons (Fsp3) is 0.385. The van der Waals surface area contributed by atoms with Crippen LogP contribution in [0.1, 0.15) is 78.1 Å². The van der Waals surface area contributed by atoms with Crippen molar-refractivity contribution in [2.75, 3.05) is 33.0 Å². The van der Waals surface area contributed by atoms with Gasteiger partial charge in [0.25, 0.3) is 0 Å². The Bertz CT molecular complexity index is 1510. The second-order valence-electron chi connectivity index (χ2n) is 11.8. The van der Waals surface area contributed by atoms with E-state index in [-0.39, 0.29) is 11.9 Å². The van der Waals surface area contributed by atoms with Gasteiger partial charge in [-0.25, -0.2) is 0 Å². The van der Waals surface area contributed by atoms with Crippen LogP contribution in [-0.2, 0) is 31.8 Å². The van der Waals surface area contributed by atoms with Crippen molar-refractivity contribution < 1.29 is 28.4 Å². The van der Waals surface area contributed by atoms with Crippen molar-refractivity contribution in [1.29, 1.82) is 0 Å². The number of rotatable bonds is 19. The molecule has 0 heterocycles. The maximum atomic E-state index is 15.4. The molecule has 1 atom stereocenters. The van der Waals surface area contributed by atoms with Crippen molar-refractivity contribution >= 4 is 23.5 Å². The van der Waals surface area contributed by atoms with E-state index in [0.717, 1.165) is 47.1 Å². The predicted molar refractivity (Wildman–Crippen MR) is 188 cm³/mol. The van der Waals surface area contributed by atoms with Crippen LogP contribution in [-0.4, -0.2) is 44.1 Å². The SMILES string of the molecule is C=CCOCCCCc1c(C)cc(C)c(C(=O)P(=O)(C(=O)c2c(C)cc(C)c(COCCOCC=C)c2C)c2ccccc2)c1C. The van der Waals surface area contributed by atoms with Crippen LogP contribution in [0, 0.1) is 41.5 Å². The molecule has 0 N–H and O–H groups in total. The zero-order valence-corrected chi connectivity index (χ0v) is 29.3. The molecule has 0 aliphatic heterocycles. The van der Waals surface area contributed by atoms with Crippen LogP contribution in [0.4, 0.5) is 0 Å². The first-order chi connectivity index (χ1) is 22.0. The van der Waals surface area contributed by atoms with E-state index in [9.17, 15) is 9.59 Å². The number of ether oxygens (including phenoxy) is 3. The van der Waals surface area contributed by atoms with Gasteiger partial charge in [0.2, 0.25) is 18.2 Å². The zero-order valence-electron chi connectivity index (χ0n) is 28.4. The molecule has 1 unspecified atom stereocenters. The Hall–Kier alpha value is -3.41. The van der Waals surface area contributed by atoms with Crippen molar-refractivity contribution in [3.8, 4) is 0 Å². The normalized spacial score (nSPS) is 12.5. The molecule has 0 amide bonds. The second-order valence-corrected chi connectivity index (χ2v) is 14.3. The van der Waals surface area contributed by atoms with Gasteiger partial charge in [0.15, 0.2) is 0 Å². The standard InChI is InChI=1S/C39H49O6P/c1-9-19-43-21-15-14-18-34-27(3)24-29(5)36(31(34)7)38(40)46(42,33-16-12-11-13-17-33)39(41)37-30(6)25-28(4)35(32(37)8)26-45-23-22-44-20-10-2/h9-13,16-17,24-25H,1-2,14-15,18-23,26H2,3-8H3. The average molecular weight is 645 g/mol. The number of unbranched alkanes of at least 4 members (excludes halogenated alkanes) is 1. The van der Waals surface area contributed by atoms with Crippen molar-refractivity contribution in [2.45, 2.75) is 67.4 Å². The summed E-state index contributed by atoms with van der Waals surface area (Å²) in [5.74, 6) is 0. The zero-order chi connectivity index (χ0) is 33.9. The summed E-state index contributed by atoms with van der Waals surface area (Å²) in [6.07, 6.45) is 5.90. The highest BCUT2D eigenvalue weighted by Gasteiger charge is 2.45. The third kappa shape index (κ3) is 8.49. The summed E-state index contributed by atoms with van der Waals surface area (Å²) in [5.41, 5.74) is 6.19. The molecule has 0 radical (unpaired) electrons. The summed E-state index contributed by atoms with van der Waals surface area (Å²) in [5, 5.41) is 0.238. The summed E-state index contributed by atoms with van der Waals surface area (Å²) < 4.78 is 32.2. The number of benzene rings is 3. The molecule has 0 aliphatic rings. The van der Waals surface area contributed by atoms with Crippen LogP contribution in [0.15, 0.2) is 67.8 Å². The molecule has 0 saturated carbocycles. The van der Waals surface area contributed by atoms with E-state index >= 15 is 4.57 Å². The maximum absolute atomic E-state index is 15.4. The Morgan fingerprint density at radius 2 is 1.17 bits per heavy atom. The third-order valence-corrected chi connectivity index (χ3v) is 11.1. The summed E-state index contributed by atoms with van der Waals surface area (Å²) >= 11 is 0. The predicted octanol–water partition coefficient (Wildman–Crippen LogP) is 8.45. The molecule has 0 bridgehead atoms. The monoisotopic (exact) mass is 644 g/mol. The molecule has 46 heavy (non-hydrogen) atoms. The molecule has 6 nitrogen and oxygen atoms in total. The first-order valence-corrected chi connectivity index (χ1v) is 17.6. The summed E-state index contributed by atoms with van der Waals surface area (Å²) in [6, 6.07) is 12.4. The Morgan fingerprint density at radius 3 is 1.74 bits per heavy atom. The molecular formula is C39H49O6P. The van der Waals surface area contributed by atoms with Gasteiger partial charge in [0.05, 0.1) is 33.0 Å². The highest BCUT2D eigenvalue weighted by Crippen LogP contribution is 2.53. The molecule has 3 aromatic rings. The highest BCUT2D eigenvalue weighted by atomic mass is 31.2. The smallest absolute Gasteiger partial charge is 0.248 e. The van der Waals surface area contributed by atoms with E-state index in [0.29, 0.717) is 60.9 Å². The fourth-order valence-electron chi connectivity index (χ4n) is 6.13. The fourth-order valence-corrected chi connectivity index (χ4v) is 8.69. The molecule has 0 saturated heterocycles. The van der Waals surface area contributed by atoms with Crippen LogP contribution < -0.4 is 5.30 Å². The highest BCUT2D eigenvalue weighted by molar-refractivity contribution is 8.01. The topological polar surface area (TPSA) is 78.9 Å². The Balaban J connectivity index is 2.08. The summed E-state index contributed by atoms with van der Waals surface area (Å²) in [7, 11) is -4.34. The molecule has 0 spiro atoms. The van der Waals surface area contributed by atoms with Crippen LogP contribution in [0.25, 0.3) is 0 Å². The lowest BCUT2D eigenvalue weighted by atomic mass is 9.91. The van der Waals surface area contributed by atoms with Crippen LogP contribution in [0.3, 0.4) is 0 Å². The molecule has 3 rings (SSSR count). The van der Waals surface area contributed by atoms with Crippen molar-refractivity contribution in [3.63, 3.8) is 0 Å². The number of carbonyl (C=O) groups excluding carboxylic acids is 2. The van der Waals surface area contributed by atoms with Crippen molar-refractivity contribution in [1.82, 2.24) is 0 Å². The van der Waals surface area contributed by atoms with Crippen molar-refractivity contribution in [2.24, 2.45) is 0 Å². The minimum Gasteiger partial charge on any atom is -0.377 e. The molecule has 246 valence electrons. The lowest BCUT2D eigenvalue weighted by molar-refractivity contribution is 0.0500. The van der Waals surface area contributed by atoms with E-state index in [1.165, 1.54) is 0 Å². The number of hydrogen-bond acceptors (Lipinski definition) is 6. The largest absolute Gasteiger partial charge is 0.377 e. The van der Waals surface area contributed by atoms with E-state index < -0.39 is 18.2 Å². The summed E-state index contributed by atoms with van der Waals surface area (Å²) in [6.45, 7) is 21.4. The van der Waals surface area contributed by atoms with Gasteiger partial charge in [-0.3, -0.25) is 9.59 Å². The lowest BCUT2D eigenvalue weighted by Gasteiger charge is -2.24. The van der Waals surface area contributed by atoms with Gasteiger partial charge in [-0.1, -0.05) is 54.6 Å². The molecule has 7 heteroatoms. The molecule has 0 fully saturated rings. The Kier molecular flexibility index (Phi) is 14.1. The molecule has 0 aromatic heterocycles. The first kappa shape index (κ1) is 37.1. The van der Waals surface area contributed by atoms with Crippen LogP contribution >= 0.6 is 7.14 Å². The number of carbonyl (C=O) groups is 2. The van der Waals surface area contributed by atoms with E-state index in [4.69, 9.17) is 14.2 Å². The van der Waals surface area contributed by atoms with Crippen LogP contribution in [0.5, 0.6) is 0 Å². The quantitative estimate of drug-likeness (QED) is 0.0740.